The minimum Gasteiger partial charge on any atom is -0.302 e. The second-order valence-electron chi connectivity index (χ2n) is 2.38. The van der Waals surface area contributed by atoms with Crippen molar-refractivity contribution in [3.63, 3.8) is 0 Å². The predicted molar refractivity (Wildman–Crippen MR) is 32.0 cm³/mol. The summed E-state index contributed by atoms with van der Waals surface area (Å²) in [4.78, 5) is 11.6. The number of carbonyl (C=O) groups is 1. The molecule has 0 N–H and O–H groups in total. The van der Waals surface area contributed by atoms with Crippen LogP contribution >= 0.6 is 0 Å². The zero-order valence-electron chi connectivity index (χ0n) is 5.46. The average molecular weight is 149 g/mol. The lowest BCUT2D eigenvalue weighted by atomic mass is 10.1. The fraction of sp³-hybridized carbons (Fsp3) is 0.833. The zero-order chi connectivity index (χ0) is 7.56. The smallest absolute Gasteiger partial charge is 0.251 e. The molecule has 0 aliphatic carbocycles. The van der Waals surface area contributed by atoms with Crippen LogP contribution in [0.2, 0.25) is 0 Å². The molecule has 0 radical (unpaired) electrons. The molecular formula is C6H9F2NO. The molecule has 1 atom stereocenters. The molecule has 0 spiro atoms. The number of aldehydes is 1. The lowest BCUT2D eigenvalue weighted by Gasteiger charge is -2.36. The Labute approximate surface area is 57.8 Å². The van der Waals surface area contributed by atoms with Gasteiger partial charge in [-0.2, -0.15) is 0 Å². The summed E-state index contributed by atoms with van der Waals surface area (Å²) in [6.45, 7) is 0.372. The van der Waals surface area contributed by atoms with Gasteiger partial charge in [-0.25, -0.2) is 8.78 Å². The van der Waals surface area contributed by atoms with Gasteiger partial charge in [-0.3, -0.25) is 4.90 Å². The first-order valence-electron chi connectivity index (χ1n) is 3.21. The largest absolute Gasteiger partial charge is 0.302 e. The number of halogens is 2. The van der Waals surface area contributed by atoms with E-state index in [0.29, 0.717) is 6.54 Å². The Hall–Kier alpha value is -0.510. The van der Waals surface area contributed by atoms with E-state index in [1.807, 2.05) is 0 Å². The molecule has 1 heterocycles. The number of rotatable bonds is 3. The second-order valence-corrected chi connectivity index (χ2v) is 2.38. The van der Waals surface area contributed by atoms with Gasteiger partial charge in [0.05, 0.1) is 12.6 Å². The Bertz CT molecular complexity index is 129. The van der Waals surface area contributed by atoms with Gasteiger partial charge in [0.2, 0.25) is 0 Å². The predicted octanol–water partition coefficient (Wildman–Crippen LogP) is 0.525. The van der Waals surface area contributed by atoms with Crippen LogP contribution in [0.1, 0.15) is 6.42 Å². The Kier molecular flexibility index (Phi) is 2.32. The maximum Gasteiger partial charge on any atom is 0.251 e. The molecule has 1 saturated heterocycles. The molecular weight excluding hydrogens is 140 g/mol. The first kappa shape index (κ1) is 7.60. The normalized spacial score (nSPS) is 26.5. The van der Waals surface area contributed by atoms with Gasteiger partial charge in [0.15, 0.2) is 0 Å². The Morgan fingerprint density at radius 3 is 2.70 bits per heavy atom. The van der Waals surface area contributed by atoms with Crippen molar-refractivity contribution in [2.75, 3.05) is 13.1 Å². The number of alkyl halides is 2. The monoisotopic (exact) mass is 149 g/mol. The molecule has 1 unspecified atom stereocenters. The third kappa shape index (κ3) is 1.50. The highest BCUT2D eigenvalue weighted by molar-refractivity contribution is 5.59. The van der Waals surface area contributed by atoms with Crippen molar-refractivity contribution in [2.45, 2.75) is 18.9 Å². The summed E-state index contributed by atoms with van der Waals surface area (Å²) < 4.78 is 23.3. The molecule has 1 aliphatic rings. The van der Waals surface area contributed by atoms with E-state index in [1.165, 1.54) is 4.90 Å². The highest BCUT2D eigenvalue weighted by Gasteiger charge is 2.28. The summed E-state index contributed by atoms with van der Waals surface area (Å²) in [5.74, 6) is 0. The van der Waals surface area contributed by atoms with Gasteiger partial charge >= 0.3 is 0 Å². The molecule has 10 heavy (non-hydrogen) atoms. The number of hydrogen-bond donors (Lipinski definition) is 0. The molecule has 0 amide bonds. The Balaban J connectivity index is 2.22. The van der Waals surface area contributed by atoms with E-state index in [2.05, 4.69) is 0 Å². The zero-order valence-corrected chi connectivity index (χ0v) is 5.46. The van der Waals surface area contributed by atoms with E-state index in [1.54, 1.807) is 0 Å². The first-order chi connectivity index (χ1) is 4.74. The van der Waals surface area contributed by atoms with Crippen LogP contribution in [0.25, 0.3) is 0 Å². The highest BCUT2D eigenvalue weighted by Crippen LogP contribution is 2.15. The summed E-state index contributed by atoms with van der Waals surface area (Å²) >= 11 is 0. The van der Waals surface area contributed by atoms with Crippen LogP contribution in [0, 0.1) is 0 Å². The second kappa shape index (κ2) is 3.05. The Morgan fingerprint density at radius 1 is 1.70 bits per heavy atom. The quantitative estimate of drug-likeness (QED) is 0.545. The van der Waals surface area contributed by atoms with Crippen LogP contribution in [-0.2, 0) is 4.79 Å². The van der Waals surface area contributed by atoms with Crippen LogP contribution in [0.3, 0.4) is 0 Å². The van der Waals surface area contributed by atoms with Crippen molar-refractivity contribution < 1.29 is 13.6 Å². The fourth-order valence-corrected chi connectivity index (χ4v) is 1.02. The molecule has 1 fully saturated rings. The molecule has 0 aromatic carbocycles. The molecule has 58 valence electrons. The van der Waals surface area contributed by atoms with Crippen LogP contribution in [0.15, 0.2) is 0 Å². The van der Waals surface area contributed by atoms with Gasteiger partial charge in [-0.15, -0.1) is 0 Å². The molecule has 0 aromatic heterocycles. The van der Waals surface area contributed by atoms with Crippen LogP contribution in [0.4, 0.5) is 8.78 Å². The average Bonchev–Trinajstić information content (AvgIpc) is 1.82. The van der Waals surface area contributed by atoms with Gasteiger partial charge in [-0.1, -0.05) is 0 Å². The summed E-state index contributed by atoms with van der Waals surface area (Å²) in [6, 6.07) is -0.242. The summed E-state index contributed by atoms with van der Waals surface area (Å²) in [5.41, 5.74) is 0. The molecule has 0 saturated carbocycles. The van der Waals surface area contributed by atoms with Gasteiger partial charge < -0.3 is 4.79 Å². The number of hydrogen-bond acceptors (Lipinski definition) is 2. The first-order valence-corrected chi connectivity index (χ1v) is 3.21. The fourth-order valence-electron chi connectivity index (χ4n) is 1.02. The van der Waals surface area contributed by atoms with Gasteiger partial charge in [0.25, 0.3) is 6.43 Å². The van der Waals surface area contributed by atoms with E-state index in [9.17, 15) is 13.6 Å². The van der Waals surface area contributed by atoms with Crippen molar-refractivity contribution in [1.29, 1.82) is 0 Å². The van der Waals surface area contributed by atoms with E-state index >= 15 is 0 Å². The molecule has 1 rings (SSSR count). The minimum absolute atomic E-state index is 0.242. The SMILES string of the molecule is O=CC1CCN1CC(F)F. The van der Waals surface area contributed by atoms with Crippen molar-refractivity contribution in [1.82, 2.24) is 4.90 Å². The van der Waals surface area contributed by atoms with E-state index in [4.69, 9.17) is 0 Å². The molecule has 0 bridgehead atoms. The van der Waals surface area contributed by atoms with Crippen molar-refractivity contribution in [2.24, 2.45) is 0 Å². The summed E-state index contributed by atoms with van der Waals surface area (Å²) in [6.07, 6.45) is -0.856. The molecule has 2 nitrogen and oxygen atoms in total. The number of likely N-dealkylation sites (tertiary alicyclic amines) is 1. The number of nitrogens with zero attached hydrogens (tertiary/aromatic N) is 1. The van der Waals surface area contributed by atoms with Gasteiger partial charge in [0, 0.05) is 6.54 Å². The van der Waals surface area contributed by atoms with Crippen molar-refractivity contribution >= 4 is 6.29 Å². The lowest BCUT2D eigenvalue weighted by molar-refractivity contribution is -0.117. The van der Waals surface area contributed by atoms with Crippen LogP contribution in [-0.4, -0.2) is 36.7 Å². The lowest BCUT2D eigenvalue weighted by Crippen LogP contribution is -2.50. The van der Waals surface area contributed by atoms with E-state index in [-0.39, 0.29) is 12.6 Å². The highest BCUT2D eigenvalue weighted by atomic mass is 19.3. The third-order valence-electron chi connectivity index (χ3n) is 1.71. The van der Waals surface area contributed by atoms with Crippen molar-refractivity contribution in [3.05, 3.63) is 0 Å². The Morgan fingerprint density at radius 2 is 2.40 bits per heavy atom. The maximum absolute atomic E-state index is 11.7. The molecule has 4 heteroatoms. The van der Waals surface area contributed by atoms with E-state index in [0.717, 1.165) is 12.7 Å². The minimum atomic E-state index is -2.32. The van der Waals surface area contributed by atoms with Crippen LogP contribution < -0.4 is 0 Å². The standard InChI is InChI=1S/C6H9F2NO/c7-6(8)3-9-2-1-5(9)4-10/h4-6H,1-3H2. The van der Waals surface area contributed by atoms with Crippen LogP contribution in [0.5, 0.6) is 0 Å². The molecule has 1 aliphatic heterocycles. The topological polar surface area (TPSA) is 20.3 Å². The summed E-state index contributed by atoms with van der Waals surface area (Å²) in [7, 11) is 0. The van der Waals surface area contributed by atoms with Crippen molar-refractivity contribution in [3.8, 4) is 0 Å². The maximum atomic E-state index is 11.7. The summed E-state index contributed by atoms with van der Waals surface area (Å²) in [5, 5.41) is 0. The number of carbonyl (C=O) groups excluding carboxylic acids is 1. The van der Waals surface area contributed by atoms with E-state index < -0.39 is 6.43 Å². The van der Waals surface area contributed by atoms with Gasteiger partial charge in [-0.05, 0) is 6.42 Å². The van der Waals surface area contributed by atoms with Gasteiger partial charge in [0.1, 0.15) is 6.29 Å². The third-order valence-corrected chi connectivity index (χ3v) is 1.71. The molecule has 0 aromatic rings.